The maximum Gasteiger partial charge on any atom is 0.191 e. The Bertz CT molecular complexity index is 295. The third-order valence-corrected chi connectivity index (χ3v) is 4.76. The van der Waals surface area contributed by atoms with Crippen molar-refractivity contribution in [2.45, 2.75) is 64.3 Å². The van der Waals surface area contributed by atoms with Gasteiger partial charge in [0.15, 0.2) is 5.96 Å². The highest BCUT2D eigenvalue weighted by Gasteiger charge is 2.16. The molecule has 1 unspecified atom stereocenters. The third kappa shape index (κ3) is 6.72. The van der Waals surface area contributed by atoms with Gasteiger partial charge in [0.25, 0.3) is 0 Å². The SMILES string of the molecule is CC(CCN=C(N)N1CCCCCC1)N1CCCCC1.I. The normalized spacial score (nSPS) is 23.3. The van der Waals surface area contributed by atoms with Gasteiger partial charge in [-0.15, -0.1) is 24.0 Å². The Morgan fingerprint density at radius 2 is 1.48 bits per heavy atom. The van der Waals surface area contributed by atoms with Crippen LogP contribution >= 0.6 is 24.0 Å². The topological polar surface area (TPSA) is 44.9 Å². The zero-order valence-corrected chi connectivity index (χ0v) is 15.9. The Morgan fingerprint density at radius 1 is 0.952 bits per heavy atom. The largest absolute Gasteiger partial charge is 0.370 e. The lowest BCUT2D eigenvalue weighted by Crippen LogP contribution is -2.39. The molecule has 0 spiro atoms. The fraction of sp³-hybridized carbons (Fsp3) is 0.938. The summed E-state index contributed by atoms with van der Waals surface area (Å²) in [6, 6.07) is 0.649. The quantitative estimate of drug-likeness (QED) is 0.442. The molecule has 2 heterocycles. The Hall–Kier alpha value is -0.0400. The second-order valence-electron chi connectivity index (χ2n) is 6.38. The fourth-order valence-corrected chi connectivity index (χ4v) is 3.31. The van der Waals surface area contributed by atoms with E-state index in [1.807, 2.05) is 0 Å². The molecule has 2 aliphatic rings. The van der Waals surface area contributed by atoms with E-state index in [2.05, 4.69) is 21.7 Å². The zero-order valence-electron chi connectivity index (χ0n) is 13.6. The van der Waals surface area contributed by atoms with E-state index in [1.165, 1.54) is 58.0 Å². The van der Waals surface area contributed by atoms with Crippen LogP contribution in [0.3, 0.4) is 0 Å². The van der Waals surface area contributed by atoms with Gasteiger partial charge in [-0.3, -0.25) is 4.99 Å². The molecule has 2 saturated heterocycles. The molecule has 0 amide bonds. The van der Waals surface area contributed by atoms with Gasteiger partial charge in [-0.25, -0.2) is 0 Å². The smallest absolute Gasteiger partial charge is 0.191 e. The second-order valence-corrected chi connectivity index (χ2v) is 6.38. The molecule has 0 aromatic carbocycles. The van der Waals surface area contributed by atoms with Gasteiger partial charge in [0.2, 0.25) is 0 Å². The van der Waals surface area contributed by atoms with Crippen molar-refractivity contribution in [1.82, 2.24) is 9.80 Å². The van der Waals surface area contributed by atoms with Crippen molar-refractivity contribution in [3.63, 3.8) is 0 Å². The van der Waals surface area contributed by atoms with Crippen molar-refractivity contribution in [2.75, 3.05) is 32.7 Å². The summed E-state index contributed by atoms with van der Waals surface area (Å²) in [5, 5.41) is 0. The molecule has 0 radical (unpaired) electrons. The molecular formula is C16H33IN4. The van der Waals surface area contributed by atoms with Gasteiger partial charge >= 0.3 is 0 Å². The number of likely N-dealkylation sites (tertiary alicyclic amines) is 2. The molecule has 2 aliphatic heterocycles. The summed E-state index contributed by atoms with van der Waals surface area (Å²) in [5.41, 5.74) is 6.14. The minimum absolute atomic E-state index is 0. The average molecular weight is 408 g/mol. The lowest BCUT2D eigenvalue weighted by molar-refractivity contribution is 0.168. The van der Waals surface area contributed by atoms with Crippen LogP contribution < -0.4 is 5.73 Å². The Morgan fingerprint density at radius 3 is 2.10 bits per heavy atom. The van der Waals surface area contributed by atoms with E-state index < -0.39 is 0 Å². The highest BCUT2D eigenvalue weighted by atomic mass is 127. The summed E-state index contributed by atoms with van der Waals surface area (Å²) >= 11 is 0. The number of guanidine groups is 1. The van der Waals surface area contributed by atoms with Crippen LogP contribution in [-0.4, -0.2) is 54.5 Å². The van der Waals surface area contributed by atoms with Crippen molar-refractivity contribution in [3.05, 3.63) is 0 Å². The molecule has 4 nitrogen and oxygen atoms in total. The maximum atomic E-state index is 6.14. The monoisotopic (exact) mass is 408 g/mol. The van der Waals surface area contributed by atoms with Crippen LogP contribution in [0.4, 0.5) is 0 Å². The van der Waals surface area contributed by atoms with Crippen molar-refractivity contribution in [3.8, 4) is 0 Å². The van der Waals surface area contributed by atoms with Crippen LogP contribution in [0.15, 0.2) is 4.99 Å². The van der Waals surface area contributed by atoms with Crippen LogP contribution in [-0.2, 0) is 0 Å². The maximum absolute atomic E-state index is 6.14. The van der Waals surface area contributed by atoms with Crippen LogP contribution in [0.1, 0.15) is 58.3 Å². The first kappa shape index (κ1) is 19.0. The van der Waals surface area contributed by atoms with E-state index in [9.17, 15) is 0 Å². The van der Waals surface area contributed by atoms with E-state index in [1.54, 1.807) is 0 Å². The molecule has 0 aromatic heterocycles. The number of nitrogens with zero attached hydrogens (tertiary/aromatic N) is 3. The zero-order chi connectivity index (χ0) is 14.2. The highest BCUT2D eigenvalue weighted by molar-refractivity contribution is 14.0. The molecule has 2 fully saturated rings. The molecule has 2 N–H and O–H groups in total. The average Bonchev–Trinajstić information content (AvgIpc) is 2.77. The van der Waals surface area contributed by atoms with E-state index in [-0.39, 0.29) is 24.0 Å². The van der Waals surface area contributed by atoms with Crippen molar-refractivity contribution < 1.29 is 0 Å². The lowest BCUT2D eigenvalue weighted by atomic mass is 10.1. The number of hydrogen-bond donors (Lipinski definition) is 1. The van der Waals surface area contributed by atoms with Crippen LogP contribution in [0.25, 0.3) is 0 Å². The first-order valence-corrected chi connectivity index (χ1v) is 8.56. The van der Waals surface area contributed by atoms with Gasteiger partial charge in [0.1, 0.15) is 0 Å². The van der Waals surface area contributed by atoms with Gasteiger partial charge in [0.05, 0.1) is 0 Å². The first-order valence-electron chi connectivity index (χ1n) is 8.56. The van der Waals surface area contributed by atoms with Crippen molar-refractivity contribution in [1.29, 1.82) is 0 Å². The lowest BCUT2D eigenvalue weighted by Gasteiger charge is -2.32. The molecule has 5 heteroatoms. The number of piperidine rings is 1. The Labute approximate surface area is 147 Å². The summed E-state index contributed by atoms with van der Waals surface area (Å²) < 4.78 is 0. The standard InChI is InChI=1S/C16H32N4.HI/c1-15(19-11-7-4-8-12-19)9-10-18-16(17)20-13-5-2-3-6-14-20;/h15H,2-14H2,1H3,(H2,17,18);1H. The number of halogens is 1. The van der Waals surface area contributed by atoms with Gasteiger partial charge in [0, 0.05) is 25.7 Å². The summed E-state index contributed by atoms with van der Waals surface area (Å²) in [6.07, 6.45) is 10.5. The third-order valence-electron chi connectivity index (χ3n) is 4.76. The molecule has 0 saturated carbocycles. The van der Waals surface area contributed by atoms with Crippen LogP contribution in [0, 0.1) is 0 Å². The fourth-order valence-electron chi connectivity index (χ4n) is 3.31. The van der Waals surface area contributed by atoms with Crippen molar-refractivity contribution in [2.24, 2.45) is 10.7 Å². The van der Waals surface area contributed by atoms with Gasteiger partial charge in [-0.05, 0) is 52.1 Å². The molecule has 0 aliphatic carbocycles. The first-order chi connectivity index (χ1) is 9.77. The predicted octanol–water partition coefficient (Wildman–Crippen LogP) is 3.06. The minimum atomic E-state index is 0. The number of aliphatic imine (C=N–C) groups is 1. The summed E-state index contributed by atoms with van der Waals surface area (Å²) in [5.74, 6) is 0.776. The highest BCUT2D eigenvalue weighted by Crippen LogP contribution is 2.14. The molecule has 0 aromatic rings. The summed E-state index contributed by atoms with van der Waals surface area (Å²) in [4.78, 5) is 9.51. The minimum Gasteiger partial charge on any atom is -0.370 e. The number of rotatable bonds is 4. The molecule has 0 bridgehead atoms. The Balaban J connectivity index is 0.00000220. The molecule has 2 rings (SSSR count). The Kier molecular flexibility index (Phi) is 9.64. The van der Waals surface area contributed by atoms with E-state index in [0.29, 0.717) is 6.04 Å². The summed E-state index contributed by atoms with van der Waals surface area (Å²) in [6.45, 7) is 7.94. The van der Waals surface area contributed by atoms with Gasteiger partial charge in [-0.2, -0.15) is 0 Å². The van der Waals surface area contributed by atoms with Gasteiger partial charge < -0.3 is 15.5 Å². The summed E-state index contributed by atoms with van der Waals surface area (Å²) in [7, 11) is 0. The van der Waals surface area contributed by atoms with Crippen molar-refractivity contribution >= 4 is 29.9 Å². The number of nitrogens with two attached hydrogens (primary N) is 1. The van der Waals surface area contributed by atoms with Crippen LogP contribution in [0.2, 0.25) is 0 Å². The van der Waals surface area contributed by atoms with E-state index in [0.717, 1.165) is 32.0 Å². The molecule has 1 atom stereocenters. The molecule has 21 heavy (non-hydrogen) atoms. The van der Waals surface area contributed by atoms with Gasteiger partial charge in [-0.1, -0.05) is 19.3 Å². The molecule has 124 valence electrons. The van der Waals surface area contributed by atoms with E-state index >= 15 is 0 Å². The molecular weight excluding hydrogens is 375 g/mol. The second kappa shape index (κ2) is 10.6. The predicted molar refractivity (Wildman–Crippen MR) is 101 cm³/mol. The van der Waals surface area contributed by atoms with E-state index in [4.69, 9.17) is 5.73 Å². The van der Waals surface area contributed by atoms with Crippen LogP contribution in [0.5, 0.6) is 0 Å². The number of hydrogen-bond acceptors (Lipinski definition) is 2.